The average Bonchev–Trinajstić information content (AvgIpc) is 2.56. The van der Waals surface area contributed by atoms with Gasteiger partial charge in [0.25, 0.3) is 0 Å². The Morgan fingerprint density at radius 2 is 0.885 bits per heavy atom. The van der Waals surface area contributed by atoms with Gasteiger partial charge < -0.3 is 0 Å². The summed E-state index contributed by atoms with van der Waals surface area (Å²) in [5.41, 5.74) is -5.36. The largest absolute Gasteiger partial charge is 0.368 e. The van der Waals surface area contributed by atoms with E-state index >= 15 is 0 Å². The average molecular weight is 396 g/mol. The predicted octanol–water partition coefficient (Wildman–Crippen LogP) is 6.02. The highest BCUT2D eigenvalue weighted by molar-refractivity contribution is 5.91. The van der Waals surface area contributed by atoms with Crippen LogP contribution in [0.2, 0.25) is 0 Å². The van der Waals surface area contributed by atoms with Gasteiger partial charge in [0.15, 0.2) is 29.1 Å². The van der Waals surface area contributed by atoms with Crippen LogP contribution in [0.3, 0.4) is 0 Å². The standard InChI is InChI=1S/C14F12/c15-5-1-2(8(18)11(21)10(20)7(1)17)6(16)4-3(5)9(19)12(22)14(25,26)13(4,23)24. The SMILES string of the molecule is FC1=C(F)C(F)(F)C(F)(F)c2c1c(F)c1c(F)c(F)c(F)c(F)c1c2F. The number of allylic oxidation sites excluding steroid dienone is 1. The molecule has 0 spiro atoms. The van der Waals surface area contributed by atoms with Crippen LogP contribution in [0.4, 0.5) is 52.7 Å². The van der Waals surface area contributed by atoms with Crippen molar-refractivity contribution in [1.29, 1.82) is 0 Å². The van der Waals surface area contributed by atoms with Crippen LogP contribution in [0, 0.1) is 34.9 Å². The summed E-state index contributed by atoms with van der Waals surface area (Å²) < 4.78 is 163. The third-order valence-electron chi connectivity index (χ3n) is 3.79. The summed E-state index contributed by atoms with van der Waals surface area (Å²) in [6.45, 7) is 0. The molecule has 1 aliphatic rings. The van der Waals surface area contributed by atoms with Crippen molar-refractivity contribution in [3.8, 4) is 0 Å². The van der Waals surface area contributed by atoms with Gasteiger partial charge in [0.1, 0.15) is 11.6 Å². The van der Waals surface area contributed by atoms with E-state index in [1.807, 2.05) is 0 Å². The summed E-state index contributed by atoms with van der Waals surface area (Å²) in [4.78, 5) is 0. The van der Waals surface area contributed by atoms with E-state index in [0.717, 1.165) is 0 Å². The van der Waals surface area contributed by atoms with Gasteiger partial charge in [0.05, 0.1) is 21.9 Å². The first-order valence-corrected chi connectivity index (χ1v) is 6.27. The van der Waals surface area contributed by atoms with Crippen LogP contribution in [-0.4, -0.2) is 5.92 Å². The van der Waals surface area contributed by atoms with Crippen LogP contribution in [0.5, 0.6) is 0 Å². The molecule has 0 bridgehead atoms. The molecule has 0 fully saturated rings. The molecule has 0 unspecified atom stereocenters. The minimum absolute atomic E-state index is 2.19. The Balaban J connectivity index is 2.71. The van der Waals surface area contributed by atoms with Crippen LogP contribution < -0.4 is 0 Å². The van der Waals surface area contributed by atoms with Gasteiger partial charge in [0, 0.05) is 0 Å². The van der Waals surface area contributed by atoms with Crippen LogP contribution in [0.1, 0.15) is 11.1 Å². The molecule has 0 nitrogen and oxygen atoms in total. The van der Waals surface area contributed by atoms with Crippen molar-refractivity contribution >= 4 is 16.6 Å². The zero-order valence-corrected chi connectivity index (χ0v) is 11.5. The zero-order valence-electron chi connectivity index (χ0n) is 11.5. The summed E-state index contributed by atoms with van der Waals surface area (Å²) in [6, 6.07) is 0. The summed E-state index contributed by atoms with van der Waals surface area (Å²) in [5, 5.41) is -4.50. The molecule has 2 aromatic rings. The van der Waals surface area contributed by atoms with E-state index in [0.29, 0.717) is 0 Å². The number of halogens is 12. The number of rotatable bonds is 0. The van der Waals surface area contributed by atoms with Crippen LogP contribution in [-0.2, 0) is 5.92 Å². The maximum atomic E-state index is 14.2. The Morgan fingerprint density at radius 3 is 1.35 bits per heavy atom. The van der Waals surface area contributed by atoms with E-state index in [-0.39, 0.29) is 0 Å². The van der Waals surface area contributed by atoms with Gasteiger partial charge in [-0.3, -0.25) is 0 Å². The fourth-order valence-electron chi connectivity index (χ4n) is 2.56. The Hall–Kier alpha value is -2.40. The minimum Gasteiger partial charge on any atom is -0.206 e. The minimum atomic E-state index is -6.02. The van der Waals surface area contributed by atoms with E-state index in [4.69, 9.17) is 0 Å². The molecule has 0 heterocycles. The maximum Gasteiger partial charge on any atom is 0.368 e. The molecule has 0 aliphatic heterocycles. The fourth-order valence-corrected chi connectivity index (χ4v) is 2.56. The molecular formula is C14F12. The quantitative estimate of drug-likeness (QED) is 0.290. The molecule has 3 rings (SSSR count). The molecule has 26 heavy (non-hydrogen) atoms. The molecular weight excluding hydrogens is 396 g/mol. The number of hydrogen-bond acceptors (Lipinski definition) is 0. The van der Waals surface area contributed by atoms with E-state index in [1.54, 1.807) is 0 Å². The second-order valence-corrected chi connectivity index (χ2v) is 5.16. The molecule has 0 atom stereocenters. The zero-order chi connectivity index (χ0) is 19.9. The maximum absolute atomic E-state index is 14.2. The summed E-state index contributed by atoms with van der Waals surface area (Å²) in [5.74, 6) is -35.0. The first kappa shape index (κ1) is 18.4. The topological polar surface area (TPSA) is 0 Å². The second-order valence-electron chi connectivity index (χ2n) is 5.16. The molecule has 140 valence electrons. The van der Waals surface area contributed by atoms with Crippen LogP contribution in [0.15, 0.2) is 5.83 Å². The molecule has 1 aliphatic carbocycles. The van der Waals surface area contributed by atoms with Crippen molar-refractivity contribution in [2.75, 3.05) is 0 Å². The van der Waals surface area contributed by atoms with Gasteiger partial charge >= 0.3 is 11.8 Å². The van der Waals surface area contributed by atoms with Gasteiger partial charge in [-0.25, -0.2) is 35.1 Å². The lowest BCUT2D eigenvalue weighted by atomic mass is 9.86. The summed E-state index contributed by atoms with van der Waals surface area (Å²) >= 11 is 0. The van der Waals surface area contributed by atoms with Crippen LogP contribution in [0.25, 0.3) is 16.6 Å². The van der Waals surface area contributed by atoms with Gasteiger partial charge in [-0.05, 0) is 0 Å². The Morgan fingerprint density at radius 1 is 0.462 bits per heavy atom. The number of alkyl halides is 4. The van der Waals surface area contributed by atoms with Crippen LogP contribution >= 0.6 is 0 Å². The molecule has 0 N–H and O–H groups in total. The van der Waals surface area contributed by atoms with Crippen molar-refractivity contribution in [3.63, 3.8) is 0 Å². The third kappa shape index (κ3) is 1.84. The van der Waals surface area contributed by atoms with Crippen molar-refractivity contribution in [2.24, 2.45) is 0 Å². The van der Waals surface area contributed by atoms with Crippen molar-refractivity contribution in [1.82, 2.24) is 0 Å². The molecule has 0 saturated heterocycles. The molecule has 2 aromatic carbocycles. The Bertz CT molecular complexity index is 1020. The van der Waals surface area contributed by atoms with Gasteiger partial charge in [-0.1, -0.05) is 0 Å². The van der Waals surface area contributed by atoms with Crippen molar-refractivity contribution < 1.29 is 52.7 Å². The number of benzene rings is 2. The summed E-state index contributed by atoms with van der Waals surface area (Å²) in [6.07, 6.45) is 0. The highest BCUT2D eigenvalue weighted by Gasteiger charge is 2.67. The smallest absolute Gasteiger partial charge is 0.206 e. The molecule has 12 heteroatoms. The molecule has 0 amide bonds. The van der Waals surface area contributed by atoms with E-state index in [9.17, 15) is 52.7 Å². The second kappa shape index (κ2) is 5.07. The molecule has 0 radical (unpaired) electrons. The monoisotopic (exact) mass is 396 g/mol. The predicted molar refractivity (Wildman–Crippen MR) is 61.7 cm³/mol. The fraction of sp³-hybridized carbons (Fsp3) is 0.143. The Kier molecular flexibility index (Phi) is 3.59. The third-order valence-corrected chi connectivity index (χ3v) is 3.79. The van der Waals surface area contributed by atoms with E-state index in [2.05, 4.69) is 0 Å². The lowest BCUT2D eigenvalue weighted by molar-refractivity contribution is -0.205. The van der Waals surface area contributed by atoms with Gasteiger partial charge in [-0.15, -0.1) is 0 Å². The first-order chi connectivity index (χ1) is 11.8. The Labute approximate surface area is 134 Å². The molecule has 0 saturated carbocycles. The highest BCUT2D eigenvalue weighted by Crippen LogP contribution is 2.57. The van der Waals surface area contributed by atoms with E-state index < -0.39 is 80.3 Å². The van der Waals surface area contributed by atoms with Gasteiger partial charge in [-0.2, -0.15) is 17.6 Å². The molecule has 0 aromatic heterocycles. The van der Waals surface area contributed by atoms with Crippen molar-refractivity contribution in [3.05, 3.63) is 51.9 Å². The lowest BCUT2D eigenvalue weighted by Crippen LogP contribution is -2.43. The normalized spacial score (nSPS) is 18.5. The van der Waals surface area contributed by atoms with Gasteiger partial charge in [0.2, 0.25) is 5.83 Å². The lowest BCUT2D eigenvalue weighted by Gasteiger charge is -2.32. The summed E-state index contributed by atoms with van der Waals surface area (Å²) in [7, 11) is 0. The number of hydrogen-bond donors (Lipinski definition) is 0. The van der Waals surface area contributed by atoms with E-state index in [1.165, 1.54) is 0 Å². The first-order valence-electron chi connectivity index (χ1n) is 6.27. The highest BCUT2D eigenvalue weighted by atomic mass is 19.3. The van der Waals surface area contributed by atoms with Crippen molar-refractivity contribution in [2.45, 2.75) is 11.8 Å². The number of fused-ring (bicyclic) bond motifs is 2.